The molecular formula is C13H12N4O. The van der Waals surface area contributed by atoms with Gasteiger partial charge in [0, 0.05) is 0 Å². The smallest absolute Gasteiger partial charge is 0.211 e. The minimum Gasteiger partial charge on any atom is -0.211 e. The highest BCUT2D eigenvalue weighted by molar-refractivity contribution is 5.42. The van der Waals surface area contributed by atoms with E-state index in [4.69, 9.17) is 0 Å². The van der Waals surface area contributed by atoms with Crippen LogP contribution in [-0.2, 0) is 10.3 Å². The van der Waals surface area contributed by atoms with E-state index in [1.165, 1.54) is 0 Å². The van der Waals surface area contributed by atoms with Crippen LogP contribution >= 0.6 is 0 Å². The van der Waals surface area contributed by atoms with E-state index in [0.717, 1.165) is 30.5 Å². The summed E-state index contributed by atoms with van der Waals surface area (Å²) in [6, 6.07) is 7.85. The van der Waals surface area contributed by atoms with Crippen LogP contribution in [0.25, 0.3) is 5.69 Å². The normalized spacial score (nSPS) is 16.7. The standard InChI is InChI=1S/C13H12N4O/c18-10-14-13(6-1-7-13)11-2-4-12(5-3-11)17-15-8-9-16-17/h2-5,8-9H,1,6-7H2. The van der Waals surface area contributed by atoms with E-state index in [2.05, 4.69) is 15.2 Å². The Morgan fingerprint density at radius 2 is 1.83 bits per heavy atom. The molecule has 0 aliphatic heterocycles. The summed E-state index contributed by atoms with van der Waals surface area (Å²) in [4.78, 5) is 16.1. The molecule has 1 aromatic heterocycles. The largest absolute Gasteiger partial charge is 0.235 e. The number of rotatable bonds is 3. The maximum Gasteiger partial charge on any atom is 0.235 e. The van der Waals surface area contributed by atoms with Gasteiger partial charge in [0.15, 0.2) is 0 Å². The lowest BCUT2D eigenvalue weighted by Gasteiger charge is -2.37. The molecule has 0 unspecified atom stereocenters. The van der Waals surface area contributed by atoms with Gasteiger partial charge in [0.05, 0.1) is 23.6 Å². The van der Waals surface area contributed by atoms with Crippen LogP contribution in [0.15, 0.2) is 41.7 Å². The van der Waals surface area contributed by atoms with Crippen LogP contribution in [-0.4, -0.2) is 21.1 Å². The van der Waals surface area contributed by atoms with Crippen molar-refractivity contribution in [2.24, 2.45) is 4.99 Å². The first-order valence-corrected chi connectivity index (χ1v) is 5.90. The predicted octanol–water partition coefficient (Wildman–Crippen LogP) is 1.98. The van der Waals surface area contributed by atoms with Gasteiger partial charge < -0.3 is 0 Å². The lowest BCUT2D eigenvalue weighted by molar-refractivity contribution is 0.256. The molecule has 1 heterocycles. The van der Waals surface area contributed by atoms with Gasteiger partial charge in [-0.2, -0.15) is 20.0 Å². The fraction of sp³-hybridized carbons (Fsp3) is 0.308. The van der Waals surface area contributed by atoms with Crippen LogP contribution < -0.4 is 0 Å². The van der Waals surface area contributed by atoms with Crippen LogP contribution in [0.1, 0.15) is 24.8 Å². The molecule has 2 aromatic rings. The molecule has 1 fully saturated rings. The molecule has 90 valence electrons. The zero-order valence-electron chi connectivity index (χ0n) is 9.78. The van der Waals surface area contributed by atoms with E-state index >= 15 is 0 Å². The number of nitrogens with zero attached hydrogens (tertiary/aromatic N) is 4. The van der Waals surface area contributed by atoms with E-state index in [1.807, 2.05) is 24.3 Å². The Morgan fingerprint density at radius 1 is 1.17 bits per heavy atom. The van der Waals surface area contributed by atoms with Crippen LogP contribution in [0.5, 0.6) is 0 Å². The number of carbonyl (C=O) groups excluding carboxylic acids is 1. The number of aliphatic imine (C=N–C) groups is 1. The van der Waals surface area contributed by atoms with Crippen LogP contribution in [0.4, 0.5) is 0 Å². The fourth-order valence-corrected chi connectivity index (χ4v) is 2.32. The summed E-state index contributed by atoms with van der Waals surface area (Å²) in [6.07, 6.45) is 7.91. The van der Waals surface area contributed by atoms with Gasteiger partial charge >= 0.3 is 0 Å². The molecule has 1 aliphatic rings. The average Bonchev–Trinajstić information content (AvgIpc) is 2.88. The minimum absolute atomic E-state index is 0.335. The van der Waals surface area contributed by atoms with Gasteiger partial charge in [-0.3, -0.25) is 0 Å². The summed E-state index contributed by atoms with van der Waals surface area (Å²) in [7, 11) is 0. The number of isocyanates is 1. The second kappa shape index (κ2) is 4.20. The molecule has 5 nitrogen and oxygen atoms in total. The van der Waals surface area contributed by atoms with Gasteiger partial charge in [0.2, 0.25) is 6.08 Å². The summed E-state index contributed by atoms with van der Waals surface area (Å²) in [5, 5.41) is 8.14. The predicted molar refractivity (Wildman–Crippen MR) is 65.0 cm³/mol. The summed E-state index contributed by atoms with van der Waals surface area (Å²) in [5.74, 6) is 0. The molecule has 18 heavy (non-hydrogen) atoms. The number of hydrogen-bond acceptors (Lipinski definition) is 4. The van der Waals surface area contributed by atoms with E-state index in [-0.39, 0.29) is 5.54 Å². The molecule has 0 radical (unpaired) electrons. The number of hydrogen-bond donors (Lipinski definition) is 0. The maximum absolute atomic E-state index is 10.5. The molecule has 0 N–H and O–H groups in total. The third-order valence-corrected chi connectivity index (χ3v) is 3.49. The zero-order chi connectivity index (χ0) is 12.4. The highest BCUT2D eigenvalue weighted by Crippen LogP contribution is 2.44. The molecule has 0 bridgehead atoms. The summed E-state index contributed by atoms with van der Waals surface area (Å²) >= 11 is 0. The van der Waals surface area contributed by atoms with Crippen molar-refractivity contribution in [2.45, 2.75) is 24.8 Å². The molecule has 1 saturated carbocycles. The van der Waals surface area contributed by atoms with Crippen LogP contribution in [0, 0.1) is 0 Å². The van der Waals surface area contributed by atoms with E-state index in [1.54, 1.807) is 23.3 Å². The SMILES string of the molecule is O=C=NC1(c2ccc(-n3nccn3)cc2)CCC1. The van der Waals surface area contributed by atoms with Crippen molar-refractivity contribution in [1.29, 1.82) is 0 Å². The van der Waals surface area contributed by atoms with Gasteiger partial charge in [-0.25, -0.2) is 4.79 Å². The Balaban J connectivity index is 1.94. The van der Waals surface area contributed by atoms with Crippen molar-refractivity contribution in [3.05, 3.63) is 42.2 Å². The van der Waals surface area contributed by atoms with Gasteiger partial charge in [-0.15, -0.1) is 0 Å². The molecule has 0 amide bonds. The highest BCUT2D eigenvalue weighted by Gasteiger charge is 2.38. The number of benzene rings is 1. The van der Waals surface area contributed by atoms with Crippen molar-refractivity contribution in [1.82, 2.24) is 15.0 Å². The first-order chi connectivity index (χ1) is 8.84. The van der Waals surface area contributed by atoms with Crippen molar-refractivity contribution >= 4 is 6.08 Å². The van der Waals surface area contributed by atoms with Gasteiger partial charge in [-0.05, 0) is 37.0 Å². The quantitative estimate of drug-likeness (QED) is 0.608. The first-order valence-electron chi connectivity index (χ1n) is 5.90. The summed E-state index contributed by atoms with van der Waals surface area (Å²) < 4.78 is 0. The monoisotopic (exact) mass is 240 g/mol. The van der Waals surface area contributed by atoms with Crippen LogP contribution in [0.2, 0.25) is 0 Å². The molecule has 0 saturated heterocycles. The van der Waals surface area contributed by atoms with Gasteiger partial charge in [0.1, 0.15) is 0 Å². The van der Waals surface area contributed by atoms with E-state index in [0.29, 0.717) is 0 Å². The van der Waals surface area contributed by atoms with Crippen molar-refractivity contribution in [3.63, 3.8) is 0 Å². The van der Waals surface area contributed by atoms with Crippen molar-refractivity contribution < 1.29 is 4.79 Å². The molecule has 3 rings (SSSR count). The van der Waals surface area contributed by atoms with E-state index < -0.39 is 0 Å². The topological polar surface area (TPSA) is 60.1 Å². The minimum atomic E-state index is -0.335. The van der Waals surface area contributed by atoms with Crippen LogP contribution in [0.3, 0.4) is 0 Å². The maximum atomic E-state index is 10.5. The highest BCUT2D eigenvalue weighted by atomic mass is 16.1. The molecule has 1 aliphatic carbocycles. The lowest BCUT2D eigenvalue weighted by atomic mass is 9.72. The number of aromatic nitrogens is 3. The van der Waals surface area contributed by atoms with Crippen molar-refractivity contribution in [2.75, 3.05) is 0 Å². The Bertz CT molecular complexity index is 578. The lowest BCUT2D eigenvalue weighted by Crippen LogP contribution is -2.31. The Morgan fingerprint density at radius 3 is 2.33 bits per heavy atom. The fourth-order valence-electron chi connectivity index (χ4n) is 2.32. The Kier molecular flexibility index (Phi) is 2.54. The second-order valence-corrected chi connectivity index (χ2v) is 4.45. The zero-order valence-corrected chi connectivity index (χ0v) is 9.78. The molecule has 5 heteroatoms. The first kappa shape index (κ1) is 10.9. The summed E-state index contributed by atoms with van der Waals surface area (Å²) in [5.41, 5.74) is 1.62. The Hall–Kier alpha value is -2.26. The molecular weight excluding hydrogens is 228 g/mol. The van der Waals surface area contributed by atoms with Gasteiger partial charge in [0.25, 0.3) is 0 Å². The second-order valence-electron chi connectivity index (χ2n) is 4.45. The summed E-state index contributed by atoms with van der Waals surface area (Å²) in [6.45, 7) is 0. The average molecular weight is 240 g/mol. The van der Waals surface area contributed by atoms with E-state index in [9.17, 15) is 4.79 Å². The molecule has 0 atom stereocenters. The Labute approximate surface area is 104 Å². The van der Waals surface area contributed by atoms with Gasteiger partial charge in [-0.1, -0.05) is 12.1 Å². The molecule has 0 spiro atoms. The molecule has 1 aromatic carbocycles. The van der Waals surface area contributed by atoms with Crippen molar-refractivity contribution in [3.8, 4) is 5.69 Å². The third kappa shape index (κ3) is 1.65. The third-order valence-electron chi connectivity index (χ3n) is 3.49.